The third-order valence-corrected chi connectivity index (χ3v) is 5.06. The summed E-state index contributed by atoms with van der Waals surface area (Å²) in [5.41, 5.74) is -0.749. The first-order valence-corrected chi connectivity index (χ1v) is 8.46. The molecule has 6 heteroatoms. The van der Waals surface area contributed by atoms with E-state index in [1.54, 1.807) is 4.90 Å². The standard InChI is InChI=1S/C12H21NO4S/c1-9-7-13(8-12(9,15)10-3-4-10)11(14)5-6-18(2,16)17/h9-10,15H,3-8H2,1-2H3/t9-,12+/m1/s1. The van der Waals surface area contributed by atoms with E-state index in [2.05, 4.69) is 0 Å². The van der Waals surface area contributed by atoms with Gasteiger partial charge in [0.1, 0.15) is 9.84 Å². The summed E-state index contributed by atoms with van der Waals surface area (Å²) in [6.45, 7) is 2.86. The van der Waals surface area contributed by atoms with Crippen molar-refractivity contribution < 1.29 is 18.3 Å². The van der Waals surface area contributed by atoms with Gasteiger partial charge in [-0.15, -0.1) is 0 Å². The van der Waals surface area contributed by atoms with Gasteiger partial charge in [0, 0.05) is 31.7 Å². The van der Waals surface area contributed by atoms with Crippen LogP contribution in [0.2, 0.25) is 0 Å². The van der Waals surface area contributed by atoms with E-state index in [4.69, 9.17) is 0 Å². The number of nitrogens with zero attached hydrogens (tertiary/aromatic N) is 1. The number of sulfone groups is 1. The minimum absolute atomic E-state index is 0.0201. The molecule has 1 aliphatic heterocycles. The highest BCUT2D eigenvalue weighted by Crippen LogP contribution is 2.47. The first-order chi connectivity index (χ1) is 8.22. The number of likely N-dealkylation sites (tertiary alicyclic amines) is 1. The van der Waals surface area contributed by atoms with E-state index in [1.165, 1.54) is 0 Å². The Morgan fingerprint density at radius 1 is 1.44 bits per heavy atom. The van der Waals surface area contributed by atoms with Crippen molar-refractivity contribution >= 4 is 15.7 Å². The summed E-state index contributed by atoms with van der Waals surface area (Å²) in [6, 6.07) is 0. The summed E-state index contributed by atoms with van der Waals surface area (Å²) in [6.07, 6.45) is 3.22. The van der Waals surface area contributed by atoms with Crippen molar-refractivity contribution in [1.82, 2.24) is 4.90 Å². The van der Waals surface area contributed by atoms with Crippen LogP contribution in [0.3, 0.4) is 0 Å². The molecule has 0 spiro atoms. The number of carbonyl (C=O) groups excluding carboxylic acids is 1. The molecule has 1 heterocycles. The van der Waals surface area contributed by atoms with Gasteiger partial charge in [0.25, 0.3) is 0 Å². The maximum absolute atomic E-state index is 11.9. The zero-order chi connectivity index (χ0) is 13.6. The van der Waals surface area contributed by atoms with Gasteiger partial charge in [-0.2, -0.15) is 0 Å². The van der Waals surface area contributed by atoms with Crippen molar-refractivity contribution in [3.05, 3.63) is 0 Å². The van der Waals surface area contributed by atoms with Crippen LogP contribution >= 0.6 is 0 Å². The Bertz CT molecular complexity index is 443. The lowest BCUT2D eigenvalue weighted by atomic mass is 9.88. The van der Waals surface area contributed by atoms with Crippen molar-refractivity contribution in [1.29, 1.82) is 0 Å². The molecule has 0 radical (unpaired) electrons. The van der Waals surface area contributed by atoms with Crippen molar-refractivity contribution in [2.24, 2.45) is 11.8 Å². The van der Waals surface area contributed by atoms with Gasteiger partial charge in [-0.25, -0.2) is 8.42 Å². The molecule has 0 aromatic rings. The van der Waals surface area contributed by atoms with Crippen LogP contribution in [0.1, 0.15) is 26.2 Å². The quantitative estimate of drug-likeness (QED) is 0.786. The Labute approximate surface area is 108 Å². The van der Waals surface area contributed by atoms with Crippen molar-refractivity contribution in [3.63, 3.8) is 0 Å². The van der Waals surface area contributed by atoms with E-state index in [0.29, 0.717) is 19.0 Å². The fourth-order valence-electron chi connectivity index (χ4n) is 2.75. The third kappa shape index (κ3) is 2.85. The summed E-state index contributed by atoms with van der Waals surface area (Å²) in [5.74, 6) is 0.120. The first-order valence-electron chi connectivity index (χ1n) is 6.40. The second kappa shape index (κ2) is 4.49. The van der Waals surface area contributed by atoms with E-state index < -0.39 is 15.4 Å². The molecular formula is C12H21NO4S. The summed E-state index contributed by atoms with van der Waals surface area (Å²) in [5, 5.41) is 10.5. The maximum atomic E-state index is 11.9. The van der Waals surface area contributed by atoms with Gasteiger partial charge in [0.15, 0.2) is 0 Å². The molecule has 0 aromatic carbocycles. The molecule has 1 aliphatic carbocycles. The Balaban J connectivity index is 1.93. The number of hydrogen-bond acceptors (Lipinski definition) is 4. The van der Waals surface area contributed by atoms with Crippen LogP contribution in [0, 0.1) is 11.8 Å². The molecule has 2 fully saturated rings. The minimum atomic E-state index is -3.11. The van der Waals surface area contributed by atoms with Gasteiger partial charge in [0.05, 0.1) is 11.4 Å². The summed E-state index contributed by atoms with van der Waals surface area (Å²) in [4.78, 5) is 13.5. The first kappa shape index (κ1) is 13.8. The van der Waals surface area contributed by atoms with Crippen LogP contribution in [0.4, 0.5) is 0 Å². The highest BCUT2D eigenvalue weighted by atomic mass is 32.2. The monoisotopic (exact) mass is 275 g/mol. The molecule has 18 heavy (non-hydrogen) atoms. The SMILES string of the molecule is C[C@@H]1CN(C(=O)CCS(C)(=O)=O)C[C@@]1(O)C1CC1. The van der Waals surface area contributed by atoms with E-state index >= 15 is 0 Å². The van der Waals surface area contributed by atoms with Gasteiger partial charge < -0.3 is 10.0 Å². The molecule has 0 aromatic heterocycles. The Morgan fingerprint density at radius 3 is 2.56 bits per heavy atom. The van der Waals surface area contributed by atoms with Crippen molar-refractivity contribution in [3.8, 4) is 0 Å². The van der Waals surface area contributed by atoms with Gasteiger partial charge >= 0.3 is 0 Å². The summed E-state index contributed by atoms with van der Waals surface area (Å²) in [7, 11) is -3.11. The minimum Gasteiger partial charge on any atom is -0.387 e. The average Bonchev–Trinajstić information content (AvgIpc) is 3.03. The zero-order valence-corrected chi connectivity index (χ0v) is 11.7. The highest BCUT2D eigenvalue weighted by molar-refractivity contribution is 7.90. The number of aliphatic hydroxyl groups is 1. The number of rotatable bonds is 4. The molecule has 104 valence electrons. The van der Waals surface area contributed by atoms with E-state index in [-0.39, 0.29) is 24.0 Å². The fraction of sp³-hybridized carbons (Fsp3) is 0.917. The lowest BCUT2D eigenvalue weighted by Gasteiger charge is -2.26. The van der Waals surface area contributed by atoms with Crippen LogP contribution in [-0.4, -0.2) is 55.0 Å². The maximum Gasteiger partial charge on any atom is 0.223 e. The molecule has 1 N–H and O–H groups in total. The van der Waals surface area contributed by atoms with Gasteiger partial charge in [-0.05, 0) is 18.8 Å². The third-order valence-electron chi connectivity index (χ3n) is 4.12. The van der Waals surface area contributed by atoms with Gasteiger partial charge in [-0.3, -0.25) is 4.79 Å². The molecule has 1 saturated carbocycles. The molecule has 0 unspecified atom stereocenters. The average molecular weight is 275 g/mol. The highest BCUT2D eigenvalue weighted by Gasteiger charge is 2.53. The smallest absolute Gasteiger partial charge is 0.223 e. The lowest BCUT2D eigenvalue weighted by molar-refractivity contribution is -0.130. The molecule has 2 atom stereocenters. The molecule has 1 saturated heterocycles. The van der Waals surface area contributed by atoms with Gasteiger partial charge in [0.2, 0.25) is 5.91 Å². The van der Waals surface area contributed by atoms with Crippen LogP contribution in [0.25, 0.3) is 0 Å². The topological polar surface area (TPSA) is 74.7 Å². The number of carbonyl (C=O) groups is 1. The normalized spacial score (nSPS) is 32.8. The predicted octanol–water partition coefficient (Wildman–Crippen LogP) is 0.0405. The molecule has 0 bridgehead atoms. The fourth-order valence-corrected chi connectivity index (χ4v) is 3.30. The predicted molar refractivity (Wildman–Crippen MR) is 67.7 cm³/mol. The van der Waals surface area contributed by atoms with E-state index in [0.717, 1.165) is 19.1 Å². The number of amides is 1. The van der Waals surface area contributed by atoms with Gasteiger partial charge in [-0.1, -0.05) is 6.92 Å². The largest absolute Gasteiger partial charge is 0.387 e. The second-order valence-electron chi connectivity index (χ2n) is 5.82. The number of hydrogen-bond donors (Lipinski definition) is 1. The van der Waals surface area contributed by atoms with Crippen molar-refractivity contribution in [2.75, 3.05) is 25.1 Å². The molecular weight excluding hydrogens is 254 g/mol. The Kier molecular flexibility index (Phi) is 3.44. The van der Waals surface area contributed by atoms with Crippen molar-refractivity contribution in [2.45, 2.75) is 31.8 Å². The van der Waals surface area contributed by atoms with Crippen LogP contribution < -0.4 is 0 Å². The van der Waals surface area contributed by atoms with E-state index in [1.807, 2.05) is 6.92 Å². The zero-order valence-electron chi connectivity index (χ0n) is 10.9. The lowest BCUT2D eigenvalue weighted by Crippen LogP contribution is -2.40. The second-order valence-corrected chi connectivity index (χ2v) is 8.08. The molecule has 2 aliphatic rings. The van der Waals surface area contributed by atoms with E-state index in [9.17, 15) is 18.3 Å². The molecule has 2 rings (SSSR count). The molecule has 1 amide bonds. The molecule has 5 nitrogen and oxygen atoms in total. The number of β-amino-alcohol motifs (C(OH)–C–C–N with tert-alkyl or cyclic N) is 1. The summed E-state index contributed by atoms with van der Waals surface area (Å²) >= 11 is 0. The Morgan fingerprint density at radius 2 is 2.06 bits per heavy atom. The van der Waals surface area contributed by atoms with Crippen LogP contribution in [0.15, 0.2) is 0 Å². The summed E-state index contributed by atoms with van der Waals surface area (Å²) < 4.78 is 22.1. The van der Waals surface area contributed by atoms with Crippen LogP contribution in [0.5, 0.6) is 0 Å². The van der Waals surface area contributed by atoms with Crippen LogP contribution in [-0.2, 0) is 14.6 Å². The Hall–Kier alpha value is -0.620.